The normalized spacial score (nSPS) is 25.1. The molecule has 4 N–H and O–H groups in total. The lowest BCUT2D eigenvalue weighted by molar-refractivity contribution is 0.0948. The van der Waals surface area contributed by atoms with Crippen molar-refractivity contribution in [1.29, 1.82) is 0 Å². The molecule has 11 heteroatoms. The number of piperidine rings is 1. The van der Waals surface area contributed by atoms with Crippen LogP contribution in [0, 0.1) is 11.8 Å². The molecular weight excluding hydrogens is 473 g/mol. The average Bonchev–Trinajstić information content (AvgIpc) is 3.17. The maximum atomic E-state index is 12.5. The van der Waals surface area contributed by atoms with Crippen molar-refractivity contribution in [3.05, 3.63) is 53.3 Å². The predicted octanol–water partition coefficient (Wildman–Crippen LogP) is 2.53. The molecule has 2 aromatic rings. The molecule has 6 rings (SSSR count). The van der Waals surface area contributed by atoms with Crippen molar-refractivity contribution in [3.63, 3.8) is 0 Å². The molecule has 1 spiro atoms. The lowest BCUT2D eigenvalue weighted by Crippen LogP contribution is -2.33. The first-order valence-corrected chi connectivity index (χ1v) is 13.4. The van der Waals surface area contributed by atoms with Gasteiger partial charge in [0.05, 0.1) is 11.2 Å². The number of carbonyl (C=O) groups excluding carboxylic acids is 1. The number of hydrogen-bond acceptors (Lipinski definition) is 6. The highest BCUT2D eigenvalue weighted by atomic mass is 31.2. The van der Waals surface area contributed by atoms with Crippen LogP contribution in [0.5, 0.6) is 11.5 Å². The van der Waals surface area contributed by atoms with Gasteiger partial charge in [0.1, 0.15) is 0 Å². The zero-order valence-corrected chi connectivity index (χ0v) is 20.2. The number of nitrogens with zero attached hydrogens (tertiary/aromatic N) is 2. The van der Waals surface area contributed by atoms with Gasteiger partial charge in [-0.1, -0.05) is 6.07 Å². The Morgan fingerprint density at radius 1 is 1.11 bits per heavy atom. The second-order valence-corrected chi connectivity index (χ2v) is 10.7. The quantitative estimate of drug-likeness (QED) is 0.453. The van der Waals surface area contributed by atoms with Crippen LogP contribution in [0.4, 0.5) is 0 Å². The SMILES string of the molecule is O=C1NC2(CC2CCC2CCN(Cc3ccccn3)CC2)c2cc3c(cc21)OCO3.O=P(O)(O)O. The van der Waals surface area contributed by atoms with Crippen molar-refractivity contribution in [2.75, 3.05) is 19.9 Å². The van der Waals surface area contributed by atoms with Gasteiger partial charge in [0, 0.05) is 18.3 Å². The van der Waals surface area contributed by atoms with E-state index in [4.69, 9.17) is 28.7 Å². The van der Waals surface area contributed by atoms with Crippen molar-refractivity contribution in [1.82, 2.24) is 15.2 Å². The monoisotopic (exact) mass is 503 g/mol. The first-order chi connectivity index (χ1) is 16.7. The molecule has 1 saturated heterocycles. The largest absolute Gasteiger partial charge is 0.466 e. The molecule has 4 aliphatic rings. The third-order valence-electron chi connectivity index (χ3n) is 7.42. The molecule has 35 heavy (non-hydrogen) atoms. The molecule has 2 unspecified atom stereocenters. The summed E-state index contributed by atoms with van der Waals surface area (Å²) in [4.78, 5) is 41.1. The Kier molecular flexibility index (Phi) is 6.59. The first-order valence-electron chi connectivity index (χ1n) is 11.9. The maximum absolute atomic E-state index is 12.5. The highest BCUT2D eigenvalue weighted by Crippen LogP contribution is 2.59. The van der Waals surface area contributed by atoms with E-state index in [0.29, 0.717) is 11.7 Å². The van der Waals surface area contributed by atoms with Gasteiger partial charge in [-0.3, -0.25) is 14.7 Å². The molecule has 1 amide bonds. The lowest BCUT2D eigenvalue weighted by atomic mass is 9.90. The van der Waals surface area contributed by atoms with Crippen LogP contribution in [0.3, 0.4) is 0 Å². The van der Waals surface area contributed by atoms with Crippen molar-refractivity contribution in [2.45, 2.75) is 44.2 Å². The number of ether oxygens (including phenoxy) is 2. The van der Waals surface area contributed by atoms with Gasteiger partial charge in [-0.2, -0.15) is 0 Å². The zero-order chi connectivity index (χ0) is 24.6. The van der Waals surface area contributed by atoms with E-state index < -0.39 is 7.82 Å². The number of nitrogens with one attached hydrogen (secondary N) is 1. The number of carbonyl (C=O) groups is 1. The molecule has 0 radical (unpaired) electrons. The Hall–Kier alpha value is -2.49. The highest BCUT2D eigenvalue weighted by molar-refractivity contribution is 7.45. The third kappa shape index (κ3) is 5.52. The number of phosphoric acid groups is 1. The predicted molar refractivity (Wildman–Crippen MR) is 126 cm³/mol. The van der Waals surface area contributed by atoms with Crippen LogP contribution in [-0.2, 0) is 16.6 Å². The van der Waals surface area contributed by atoms with Crippen LogP contribution >= 0.6 is 7.82 Å². The maximum Gasteiger partial charge on any atom is 0.466 e. The minimum atomic E-state index is -4.64. The van der Waals surface area contributed by atoms with Gasteiger partial charge in [0.2, 0.25) is 6.79 Å². The Morgan fingerprint density at radius 2 is 1.83 bits per heavy atom. The van der Waals surface area contributed by atoms with Crippen molar-refractivity contribution >= 4 is 13.7 Å². The van der Waals surface area contributed by atoms with Crippen molar-refractivity contribution < 1.29 is 33.5 Å². The summed E-state index contributed by atoms with van der Waals surface area (Å²) in [6.45, 7) is 3.51. The van der Waals surface area contributed by atoms with Gasteiger partial charge >= 0.3 is 7.82 Å². The lowest BCUT2D eigenvalue weighted by Gasteiger charge is -2.31. The summed E-state index contributed by atoms with van der Waals surface area (Å²) in [5.74, 6) is 2.82. The zero-order valence-electron chi connectivity index (χ0n) is 19.3. The van der Waals surface area contributed by atoms with Gasteiger partial charge in [-0.05, 0) is 86.9 Å². The van der Waals surface area contributed by atoms with E-state index in [2.05, 4.69) is 27.3 Å². The van der Waals surface area contributed by atoms with E-state index in [1.165, 1.54) is 25.7 Å². The van der Waals surface area contributed by atoms with Crippen LogP contribution in [0.2, 0.25) is 0 Å². The Bertz CT molecular complexity index is 1130. The molecule has 1 saturated carbocycles. The van der Waals surface area contributed by atoms with Crippen molar-refractivity contribution in [2.24, 2.45) is 11.8 Å². The summed E-state index contributed by atoms with van der Waals surface area (Å²) in [5, 5.41) is 3.28. The van der Waals surface area contributed by atoms with E-state index in [0.717, 1.165) is 54.5 Å². The fourth-order valence-corrected chi connectivity index (χ4v) is 5.59. The molecule has 3 aliphatic heterocycles. The fraction of sp³-hybridized carbons (Fsp3) is 0.500. The summed E-state index contributed by atoms with van der Waals surface area (Å²) in [6, 6.07) is 10.0. The molecule has 10 nitrogen and oxygen atoms in total. The van der Waals surface area contributed by atoms with E-state index in [1.807, 2.05) is 24.4 Å². The molecule has 1 aromatic carbocycles. The van der Waals surface area contributed by atoms with E-state index in [1.54, 1.807) is 0 Å². The first kappa shape index (κ1) is 24.2. The molecule has 4 heterocycles. The average molecular weight is 503 g/mol. The van der Waals surface area contributed by atoms with E-state index in [9.17, 15) is 4.79 Å². The third-order valence-corrected chi connectivity index (χ3v) is 7.42. The molecule has 2 atom stereocenters. The molecule has 1 aromatic heterocycles. The standard InChI is InChI=1S/C24H27N3O3.H3O4P/c28-23-19-11-21-22(30-15-29-21)12-20(19)24(26-23)13-17(24)5-4-16-6-9-27(10-7-16)14-18-3-1-2-8-25-18;1-5(2,3)4/h1-3,8,11-12,16-17H,4-7,9-10,13-15H2,(H,26,28);(H3,1,2,3,4). The molecule has 188 valence electrons. The molecule has 2 fully saturated rings. The fourth-order valence-electron chi connectivity index (χ4n) is 5.59. The van der Waals surface area contributed by atoms with Crippen molar-refractivity contribution in [3.8, 4) is 11.5 Å². The Morgan fingerprint density at radius 3 is 2.51 bits per heavy atom. The smallest absolute Gasteiger partial charge is 0.454 e. The Labute approximate surface area is 203 Å². The van der Waals surface area contributed by atoms with E-state index in [-0.39, 0.29) is 18.2 Å². The number of aromatic nitrogens is 1. The number of hydrogen-bond donors (Lipinski definition) is 4. The second kappa shape index (κ2) is 9.52. The summed E-state index contributed by atoms with van der Waals surface area (Å²) in [6.07, 6.45) is 7.87. The number of rotatable bonds is 5. The van der Waals surface area contributed by atoms with Gasteiger partial charge in [-0.25, -0.2) is 4.57 Å². The number of fused-ring (bicyclic) bond motifs is 3. The topological polar surface area (TPSA) is 141 Å². The van der Waals surface area contributed by atoms with E-state index >= 15 is 0 Å². The molecular formula is C24H30N3O7P. The Balaban J connectivity index is 0.000000464. The van der Waals surface area contributed by atoms with Crippen LogP contribution in [0.25, 0.3) is 0 Å². The summed E-state index contributed by atoms with van der Waals surface area (Å²) >= 11 is 0. The number of likely N-dealkylation sites (tertiary alicyclic amines) is 1. The second-order valence-electron chi connectivity index (χ2n) is 9.71. The number of pyridine rings is 1. The van der Waals surface area contributed by atoms with Gasteiger partial charge in [-0.15, -0.1) is 0 Å². The van der Waals surface area contributed by atoms with Crippen LogP contribution < -0.4 is 14.8 Å². The minimum Gasteiger partial charge on any atom is -0.454 e. The summed E-state index contributed by atoms with van der Waals surface area (Å²) in [5.41, 5.74) is 2.89. The minimum absolute atomic E-state index is 0.0358. The van der Waals surface area contributed by atoms with Gasteiger partial charge in [0.15, 0.2) is 11.5 Å². The number of amides is 1. The summed E-state index contributed by atoms with van der Waals surface area (Å²) < 4.78 is 19.9. The van der Waals surface area contributed by atoms with Gasteiger partial charge in [0.25, 0.3) is 5.91 Å². The molecule has 1 aliphatic carbocycles. The van der Waals surface area contributed by atoms with Crippen LogP contribution in [0.15, 0.2) is 36.5 Å². The summed E-state index contributed by atoms with van der Waals surface area (Å²) in [7, 11) is -4.64. The van der Waals surface area contributed by atoms with Crippen LogP contribution in [0.1, 0.15) is 53.7 Å². The van der Waals surface area contributed by atoms with Gasteiger partial charge < -0.3 is 29.5 Å². The number of benzene rings is 1. The van der Waals surface area contributed by atoms with Crippen LogP contribution in [-0.4, -0.2) is 50.4 Å². The molecule has 0 bridgehead atoms. The highest BCUT2D eigenvalue weighted by Gasteiger charge is 2.60.